The van der Waals surface area contributed by atoms with Crippen molar-refractivity contribution in [2.24, 2.45) is 5.84 Å². The molecule has 1 aromatic carbocycles. The number of hydrogen-bond donors (Lipinski definition) is 3. The van der Waals surface area contributed by atoms with Crippen LogP contribution in [-0.4, -0.2) is 6.03 Å². The minimum atomic E-state index is -0.413. The third-order valence-electron chi connectivity index (χ3n) is 1.52. The van der Waals surface area contributed by atoms with E-state index in [4.69, 9.17) is 5.84 Å². The second kappa shape index (κ2) is 5.40. The molecule has 4 N–H and O–H groups in total. The SMILES string of the molecule is Cc1ccccc1NC(=O)NN.Cl. The van der Waals surface area contributed by atoms with E-state index in [1.54, 1.807) is 0 Å². The van der Waals surface area contributed by atoms with Crippen LogP contribution in [0.2, 0.25) is 0 Å². The van der Waals surface area contributed by atoms with Crippen molar-refractivity contribution in [3.05, 3.63) is 29.8 Å². The number of benzene rings is 1. The van der Waals surface area contributed by atoms with Crippen LogP contribution in [0.4, 0.5) is 10.5 Å². The number of para-hydroxylation sites is 1. The van der Waals surface area contributed by atoms with Crippen LogP contribution in [0.3, 0.4) is 0 Å². The van der Waals surface area contributed by atoms with E-state index < -0.39 is 6.03 Å². The minimum Gasteiger partial charge on any atom is -0.307 e. The van der Waals surface area contributed by atoms with E-state index in [0.717, 1.165) is 11.3 Å². The summed E-state index contributed by atoms with van der Waals surface area (Å²) in [4.78, 5) is 10.8. The number of hydrogen-bond acceptors (Lipinski definition) is 2. The largest absolute Gasteiger partial charge is 0.333 e. The summed E-state index contributed by atoms with van der Waals surface area (Å²) in [5.41, 5.74) is 3.76. The third kappa shape index (κ3) is 3.31. The number of anilines is 1. The summed E-state index contributed by atoms with van der Waals surface area (Å²) in [5.74, 6) is 4.91. The Labute approximate surface area is 82.9 Å². The van der Waals surface area contributed by atoms with Crippen molar-refractivity contribution in [1.82, 2.24) is 5.43 Å². The van der Waals surface area contributed by atoms with E-state index in [-0.39, 0.29) is 12.4 Å². The Kier molecular flexibility index (Phi) is 4.87. The standard InChI is InChI=1S/C8H11N3O.ClH/c1-6-4-2-3-5-7(6)10-8(12)11-9;/h2-5H,9H2,1H3,(H2,10,11,12);1H. The first-order valence-corrected chi connectivity index (χ1v) is 3.57. The highest BCUT2D eigenvalue weighted by atomic mass is 35.5. The zero-order valence-electron chi connectivity index (χ0n) is 7.20. The average molecular weight is 202 g/mol. The number of halogens is 1. The van der Waals surface area contributed by atoms with Gasteiger partial charge in [0.25, 0.3) is 0 Å². The molecule has 0 saturated heterocycles. The molecule has 0 aliphatic carbocycles. The maximum absolute atomic E-state index is 10.8. The van der Waals surface area contributed by atoms with Gasteiger partial charge < -0.3 is 5.32 Å². The Morgan fingerprint density at radius 3 is 2.54 bits per heavy atom. The van der Waals surface area contributed by atoms with Crippen LogP contribution in [0.5, 0.6) is 0 Å². The lowest BCUT2D eigenvalue weighted by atomic mass is 10.2. The highest BCUT2D eigenvalue weighted by molar-refractivity contribution is 5.89. The minimum absolute atomic E-state index is 0. The number of amides is 2. The van der Waals surface area contributed by atoms with Crippen molar-refractivity contribution in [2.45, 2.75) is 6.92 Å². The van der Waals surface area contributed by atoms with Gasteiger partial charge in [-0.1, -0.05) is 18.2 Å². The molecule has 0 aliphatic heterocycles. The lowest BCUT2D eigenvalue weighted by molar-refractivity contribution is 0.252. The summed E-state index contributed by atoms with van der Waals surface area (Å²) in [5, 5.41) is 2.58. The van der Waals surface area contributed by atoms with Gasteiger partial charge in [0.15, 0.2) is 0 Å². The lowest BCUT2D eigenvalue weighted by Gasteiger charge is -2.06. The third-order valence-corrected chi connectivity index (χ3v) is 1.52. The van der Waals surface area contributed by atoms with Crippen molar-refractivity contribution in [2.75, 3.05) is 5.32 Å². The highest BCUT2D eigenvalue weighted by Gasteiger charge is 1.99. The van der Waals surface area contributed by atoms with E-state index in [2.05, 4.69) is 5.32 Å². The summed E-state index contributed by atoms with van der Waals surface area (Å²) < 4.78 is 0. The average Bonchev–Trinajstić information content (AvgIpc) is 2.09. The molecule has 1 rings (SSSR count). The van der Waals surface area contributed by atoms with E-state index in [0.29, 0.717) is 0 Å². The first-order valence-electron chi connectivity index (χ1n) is 3.57. The molecule has 1 aromatic rings. The molecule has 4 nitrogen and oxygen atoms in total. The van der Waals surface area contributed by atoms with Gasteiger partial charge in [-0.3, -0.25) is 5.43 Å². The van der Waals surface area contributed by atoms with Gasteiger partial charge in [-0.25, -0.2) is 10.6 Å². The van der Waals surface area contributed by atoms with Gasteiger partial charge in [0.2, 0.25) is 0 Å². The van der Waals surface area contributed by atoms with Crippen LogP contribution in [0, 0.1) is 6.92 Å². The van der Waals surface area contributed by atoms with E-state index in [1.807, 2.05) is 36.6 Å². The Morgan fingerprint density at radius 2 is 2.00 bits per heavy atom. The fourth-order valence-corrected chi connectivity index (χ4v) is 0.872. The van der Waals surface area contributed by atoms with Crippen LogP contribution in [-0.2, 0) is 0 Å². The molecule has 0 spiro atoms. The molecular formula is C8H12ClN3O. The number of carbonyl (C=O) groups is 1. The summed E-state index contributed by atoms with van der Waals surface area (Å²) in [6, 6.07) is 7.06. The topological polar surface area (TPSA) is 67.2 Å². The zero-order chi connectivity index (χ0) is 8.97. The zero-order valence-corrected chi connectivity index (χ0v) is 8.02. The number of hydrazine groups is 1. The smallest absolute Gasteiger partial charge is 0.307 e. The molecule has 0 atom stereocenters. The number of nitrogens with two attached hydrogens (primary N) is 1. The molecular weight excluding hydrogens is 190 g/mol. The van der Waals surface area contributed by atoms with Crippen LogP contribution in [0.1, 0.15) is 5.56 Å². The number of nitrogens with one attached hydrogen (secondary N) is 2. The van der Waals surface area contributed by atoms with Crippen molar-refractivity contribution in [3.8, 4) is 0 Å². The molecule has 0 bridgehead atoms. The molecule has 2 amide bonds. The lowest BCUT2D eigenvalue weighted by Crippen LogP contribution is -2.34. The van der Waals surface area contributed by atoms with Crippen molar-refractivity contribution in [3.63, 3.8) is 0 Å². The van der Waals surface area contributed by atoms with Crippen LogP contribution in [0.15, 0.2) is 24.3 Å². The Hall–Kier alpha value is -1.26. The predicted molar refractivity (Wildman–Crippen MR) is 54.8 cm³/mol. The molecule has 0 saturated carbocycles. The summed E-state index contributed by atoms with van der Waals surface area (Å²) in [6.07, 6.45) is 0. The summed E-state index contributed by atoms with van der Waals surface area (Å²) in [7, 11) is 0. The Morgan fingerprint density at radius 1 is 1.38 bits per heavy atom. The second-order valence-electron chi connectivity index (χ2n) is 2.41. The normalized spacial score (nSPS) is 8.46. The molecule has 13 heavy (non-hydrogen) atoms. The number of urea groups is 1. The monoisotopic (exact) mass is 201 g/mol. The van der Waals surface area contributed by atoms with E-state index >= 15 is 0 Å². The number of carbonyl (C=O) groups excluding carboxylic acids is 1. The van der Waals surface area contributed by atoms with Gasteiger partial charge >= 0.3 is 6.03 Å². The first kappa shape index (κ1) is 11.7. The van der Waals surface area contributed by atoms with Gasteiger partial charge in [0.05, 0.1) is 0 Å². The van der Waals surface area contributed by atoms with Gasteiger partial charge in [0.1, 0.15) is 0 Å². The quantitative estimate of drug-likeness (QED) is 0.365. The number of rotatable bonds is 1. The molecule has 0 heterocycles. The van der Waals surface area contributed by atoms with Crippen molar-refractivity contribution < 1.29 is 4.79 Å². The highest BCUT2D eigenvalue weighted by Crippen LogP contribution is 2.12. The van der Waals surface area contributed by atoms with Crippen LogP contribution in [0.25, 0.3) is 0 Å². The first-order chi connectivity index (χ1) is 5.74. The molecule has 0 fully saturated rings. The molecule has 0 aromatic heterocycles. The Bertz CT molecular complexity index is 290. The summed E-state index contributed by atoms with van der Waals surface area (Å²) in [6.45, 7) is 1.91. The molecule has 0 unspecified atom stereocenters. The van der Waals surface area contributed by atoms with Gasteiger partial charge in [-0.2, -0.15) is 0 Å². The van der Waals surface area contributed by atoms with Gasteiger partial charge in [0, 0.05) is 5.69 Å². The van der Waals surface area contributed by atoms with Crippen LogP contribution < -0.4 is 16.6 Å². The van der Waals surface area contributed by atoms with E-state index in [9.17, 15) is 4.79 Å². The number of aryl methyl sites for hydroxylation is 1. The fourth-order valence-electron chi connectivity index (χ4n) is 0.872. The second-order valence-corrected chi connectivity index (χ2v) is 2.41. The maximum Gasteiger partial charge on any atom is 0.333 e. The van der Waals surface area contributed by atoms with Crippen molar-refractivity contribution in [1.29, 1.82) is 0 Å². The van der Waals surface area contributed by atoms with Crippen LogP contribution >= 0.6 is 12.4 Å². The molecule has 72 valence electrons. The molecule has 0 aliphatic rings. The van der Waals surface area contributed by atoms with Gasteiger partial charge in [-0.05, 0) is 18.6 Å². The maximum atomic E-state index is 10.8. The van der Waals surface area contributed by atoms with E-state index in [1.165, 1.54) is 0 Å². The summed E-state index contributed by atoms with van der Waals surface area (Å²) >= 11 is 0. The predicted octanol–water partition coefficient (Wildman–Crippen LogP) is 1.41. The van der Waals surface area contributed by atoms with Crippen molar-refractivity contribution >= 4 is 24.1 Å². The Balaban J connectivity index is 0.00000144. The van der Waals surface area contributed by atoms with Gasteiger partial charge in [-0.15, -0.1) is 12.4 Å². The fraction of sp³-hybridized carbons (Fsp3) is 0.125. The molecule has 5 heteroatoms. The molecule has 0 radical (unpaired) electrons.